The molecule has 0 aliphatic carbocycles. The Labute approximate surface area is 108 Å². The first-order valence-corrected chi connectivity index (χ1v) is 6.51. The molecule has 18 heavy (non-hydrogen) atoms. The molecule has 0 saturated carbocycles. The Morgan fingerprint density at radius 3 is 3.06 bits per heavy atom. The third-order valence-electron chi connectivity index (χ3n) is 3.30. The fourth-order valence-corrected chi connectivity index (χ4v) is 2.40. The van der Waals surface area contributed by atoms with Crippen molar-refractivity contribution in [2.75, 3.05) is 26.2 Å². The van der Waals surface area contributed by atoms with Crippen LogP contribution in [0.3, 0.4) is 0 Å². The Kier molecular flexibility index (Phi) is 4.69. The lowest BCUT2D eigenvalue weighted by Gasteiger charge is -2.25. The van der Waals surface area contributed by atoms with Crippen LogP contribution < -0.4 is 5.73 Å². The second kappa shape index (κ2) is 6.27. The minimum atomic E-state index is -0.281. The van der Waals surface area contributed by atoms with Crippen LogP contribution in [-0.2, 0) is 4.74 Å². The number of benzene rings is 1. The molecule has 3 nitrogen and oxygen atoms in total. The van der Waals surface area contributed by atoms with Crippen LogP contribution in [0.25, 0.3) is 0 Å². The highest BCUT2D eigenvalue weighted by Gasteiger charge is 2.19. The van der Waals surface area contributed by atoms with Gasteiger partial charge in [-0.3, -0.25) is 4.90 Å². The maximum absolute atomic E-state index is 13.6. The number of hydrogen-bond acceptors (Lipinski definition) is 3. The number of hydrogen-bond donors (Lipinski definition) is 1. The number of halogens is 1. The molecular formula is C14H21FN2O. The van der Waals surface area contributed by atoms with E-state index in [-0.39, 0.29) is 18.0 Å². The van der Waals surface area contributed by atoms with Gasteiger partial charge in [-0.1, -0.05) is 18.2 Å². The van der Waals surface area contributed by atoms with Gasteiger partial charge in [0.2, 0.25) is 0 Å². The molecule has 1 aliphatic heterocycles. The number of ether oxygens (including phenoxy) is 1. The zero-order valence-electron chi connectivity index (χ0n) is 10.8. The van der Waals surface area contributed by atoms with Crippen LogP contribution in [0.15, 0.2) is 24.3 Å². The van der Waals surface area contributed by atoms with E-state index in [0.29, 0.717) is 12.1 Å². The van der Waals surface area contributed by atoms with Gasteiger partial charge in [-0.05, 0) is 19.4 Å². The highest BCUT2D eigenvalue weighted by molar-refractivity contribution is 5.21. The summed E-state index contributed by atoms with van der Waals surface area (Å²) in [5, 5.41) is 0. The number of rotatable bonds is 3. The van der Waals surface area contributed by atoms with E-state index in [1.165, 1.54) is 6.07 Å². The fourth-order valence-electron chi connectivity index (χ4n) is 2.40. The molecule has 2 rings (SSSR count). The third-order valence-corrected chi connectivity index (χ3v) is 3.30. The summed E-state index contributed by atoms with van der Waals surface area (Å²) in [7, 11) is 0. The van der Waals surface area contributed by atoms with Crippen molar-refractivity contribution >= 4 is 0 Å². The molecule has 1 saturated heterocycles. The predicted molar refractivity (Wildman–Crippen MR) is 69.8 cm³/mol. The van der Waals surface area contributed by atoms with Gasteiger partial charge >= 0.3 is 0 Å². The molecule has 1 aliphatic rings. The quantitative estimate of drug-likeness (QED) is 0.893. The van der Waals surface area contributed by atoms with Gasteiger partial charge in [-0.15, -0.1) is 0 Å². The van der Waals surface area contributed by atoms with E-state index in [2.05, 4.69) is 11.8 Å². The van der Waals surface area contributed by atoms with Crippen LogP contribution >= 0.6 is 0 Å². The van der Waals surface area contributed by atoms with E-state index < -0.39 is 0 Å². The number of nitrogens with zero attached hydrogens (tertiary/aromatic N) is 1. The molecule has 1 aromatic carbocycles. The van der Waals surface area contributed by atoms with Crippen molar-refractivity contribution in [1.29, 1.82) is 0 Å². The molecule has 0 radical (unpaired) electrons. The van der Waals surface area contributed by atoms with Gasteiger partial charge in [0.25, 0.3) is 0 Å². The monoisotopic (exact) mass is 252 g/mol. The summed E-state index contributed by atoms with van der Waals surface area (Å²) in [6, 6.07) is 6.46. The van der Waals surface area contributed by atoms with Crippen molar-refractivity contribution in [2.45, 2.75) is 25.5 Å². The lowest BCUT2D eigenvalue weighted by molar-refractivity contribution is 0.0669. The summed E-state index contributed by atoms with van der Waals surface area (Å²) < 4.78 is 19.2. The maximum atomic E-state index is 13.6. The van der Waals surface area contributed by atoms with Crippen molar-refractivity contribution < 1.29 is 9.13 Å². The lowest BCUT2D eigenvalue weighted by Crippen LogP contribution is -2.36. The molecule has 2 unspecified atom stereocenters. The highest BCUT2D eigenvalue weighted by Crippen LogP contribution is 2.17. The van der Waals surface area contributed by atoms with Gasteiger partial charge in [-0.25, -0.2) is 4.39 Å². The van der Waals surface area contributed by atoms with Crippen LogP contribution in [-0.4, -0.2) is 37.2 Å². The zero-order valence-corrected chi connectivity index (χ0v) is 10.8. The molecule has 0 spiro atoms. The summed E-state index contributed by atoms with van der Waals surface area (Å²) in [5.41, 5.74) is 6.69. The van der Waals surface area contributed by atoms with Gasteiger partial charge in [0.05, 0.1) is 6.10 Å². The summed E-state index contributed by atoms with van der Waals surface area (Å²) >= 11 is 0. The fraction of sp³-hybridized carbons (Fsp3) is 0.571. The predicted octanol–water partition coefficient (Wildman–Crippen LogP) is 1.94. The first-order valence-electron chi connectivity index (χ1n) is 6.51. The summed E-state index contributed by atoms with van der Waals surface area (Å²) in [4.78, 5) is 2.26. The standard InChI is InChI=1S/C14H21FN2O/c1-11-9-17(7-4-8-18-11)10-14(16)12-5-2-3-6-13(12)15/h2-3,5-6,11,14H,4,7-10,16H2,1H3. The van der Waals surface area contributed by atoms with Gasteiger partial charge in [0.15, 0.2) is 0 Å². The molecular weight excluding hydrogens is 231 g/mol. The first kappa shape index (κ1) is 13.5. The zero-order chi connectivity index (χ0) is 13.0. The van der Waals surface area contributed by atoms with Crippen molar-refractivity contribution in [2.24, 2.45) is 5.73 Å². The largest absolute Gasteiger partial charge is 0.377 e. The molecule has 2 N–H and O–H groups in total. The minimum absolute atomic E-state index is 0.218. The molecule has 0 bridgehead atoms. The molecule has 100 valence electrons. The van der Waals surface area contributed by atoms with Crippen LogP contribution in [0.1, 0.15) is 24.9 Å². The topological polar surface area (TPSA) is 38.5 Å². The van der Waals surface area contributed by atoms with Crippen LogP contribution in [0, 0.1) is 5.82 Å². The summed E-state index contributed by atoms with van der Waals surface area (Å²) in [6.07, 6.45) is 1.23. The van der Waals surface area contributed by atoms with Crippen LogP contribution in [0.2, 0.25) is 0 Å². The van der Waals surface area contributed by atoms with Crippen LogP contribution in [0.4, 0.5) is 4.39 Å². The van der Waals surface area contributed by atoms with Crippen molar-refractivity contribution in [3.05, 3.63) is 35.6 Å². The molecule has 0 amide bonds. The molecule has 2 atom stereocenters. The average molecular weight is 252 g/mol. The Hall–Kier alpha value is -0.970. The van der Waals surface area contributed by atoms with Crippen molar-refractivity contribution in [3.8, 4) is 0 Å². The third kappa shape index (κ3) is 3.51. The van der Waals surface area contributed by atoms with E-state index in [9.17, 15) is 4.39 Å². The van der Waals surface area contributed by atoms with E-state index >= 15 is 0 Å². The van der Waals surface area contributed by atoms with Gasteiger partial charge in [0.1, 0.15) is 5.82 Å². The Morgan fingerprint density at radius 2 is 2.28 bits per heavy atom. The summed E-state index contributed by atoms with van der Waals surface area (Å²) in [5.74, 6) is -0.218. The van der Waals surface area contributed by atoms with Crippen molar-refractivity contribution in [1.82, 2.24) is 4.90 Å². The smallest absolute Gasteiger partial charge is 0.128 e. The molecule has 4 heteroatoms. The Bertz CT molecular complexity index is 386. The van der Waals surface area contributed by atoms with Gasteiger partial charge < -0.3 is 10.5 Å². The molecule has 1 fully saturated rings. The Morgan fingerprint density at radius 1 is 1.50 bits per heavy atom. The molecule has 1 heterocycles. The average Bonchev–Trinajstić information content (AvgIpc) is 2.54. The van der Waals surface area contributed by atoms with Crippen molar-refractivity contribution in [3.63, 3.8) is 0 Å². The second-order valence-corrected chi connectivity index (χ2v) is 4.92. The van der Waals surface area contributed by atoms with Gasteiger partial charge in [0, 0.05) is 37.8 Å². The van der Waals surface area contributed by atoms with E-state index in [1.54, 1.807) is 12.1 Å². The first-order chi connectivity index (χ1) is 8.66. The van der Waals surface area contributed by atoms with E-state index in [1.807, 2.05) is 6.07 Å². The van der Waals surface area contributed by atoms with Crippen LogP contribution in [0.5, 0.6) is 0 Å². The molecule has 1 aromatic rings. The SMILES string of the molecule is CC1CN(CC(N)c2ccccc2F)CCCO1. The summed E-state index contributed by atoms with van der Waals surface area (Å²) in [6.45, 7) is 5.36. The van der Waals surface area contributed by atoms with E-state index in [0.717, 1.165) is 26.1 Å². The lowest BCUT2D eigenvalue weighted by atomic mass is 10.1. The van der Waals surface area contributed by atoms with E-state index in [4.69, 9.17) is 10.5 Å². The minimum Gasteiger partial charge on any atom is -0.377 e. The molecule has 0 aromatic heterocycles. The second-order valence-electron chi connectivity index (χ2n) is 4.92. The maximum Gasteiger partial charge on any atom is 0.128 e. The Balaban J connectivity index is 1.98. The van der Waals surface area contributed by atoms with Gasteiger partial charge in [-0.2, -0.15) is 0 Å². The number of nitrogens with two attached hydrogens (primary N) is 1. The normalized spacial score (nSPS) is 23.6. The highest BCUT2D eigenvalue weighted by atomic mass is 19.1.